The third kappa shape index (κ3) is 7.71. The molecule has 0 saturated carbocycles. The van der Waals surface area contributed by atoms with Crippen molar-refractivity contribution >= 4 is 17.5 Å². The number of ketones is 2. The van der Waals surface area contributed by atoms with E-state index in [2.05, 4.69) is 0 Å². The molecule has 3 saturated heterocycles. The summed E-state index contributed by atoms with van der Waals surface area (Å²) < 4.78 is 36.9. The molecule has 0 amide bonds. The number of benzene rings is 2. The number of nitrogens with zero attached hydrogens (tertiary/aromatic N) is 1. The smallest absolute Gasteiger partial charge is 0.316 e. The molecule has 15 atom stereocenters. The number of likely N-dealkylation sites (N-methyl/N-ethyl adjacent to an activating group) is 1. The molecule has 7 N–H and O–H groups in total. The normalized spacial score (nSPS) is 37.9. The molecule has 2 aromatic carbocycles. The molecule has 17 heteroatoms. The summed E-state index contributed by atoms with van der Waals surface area (Å²) in [6.07, 6.45) is -7.42. The number of carbonyl (C=O) groups is 3. The molecule has 2 aliphatic carbocycles. The molecule has 5 aliphatic rings. The van der Waals surface area contributed by atoms with Crippen molar-refractivity contribution < 1.29 is 78.6 Å². The van der Waals surface area contributed by atoms with E-state index in [1.54, 1.807) is 20.8 Å². The Hall–Kier alpha value is -3.75. The number of aromatic hydroxyl groups is 3. The third-order valence-electron chi connectivity index (χ3n) is 13.4. The van der Waals surface area contributed by atoms with Gasteiger partial charge in [-0.1, -0.05) is 6.92 Å². The highest BCUT2D eigenvalue weighted by atomic mass is 16.7. The number of fused-ring (bicyclic) bond motifs is 3. The zero-order valence-electron chi connectivity index (χ0n) is 34.8. The quantitative estimate of drug-likeness (QED) is 0.121. The van der Waals surface area contributed by atoms with Crippen LogP contribution in [0, 0.1) is 5.92 Å². The number of rotatable bonds is 9. The molecule has 3 aliphatic heterocycles. The average Bonchev–Trinajstić information content (AvgIpc) is 3.18. The Labute approximate surface area is 347 Å². The Balaban J connectivity index is 1.14. The molecule has 3 heterocycles. The molecular formula is C43H57NO16. The van der Waals surface area contributed by atoms with E-state index >= 15 is 0 Å². The first-order chi connectivity index (χ1) is 28.3. The van der Waals surface area contributed by atoms with E-state index in [9.17, 15) is 50.1 Å². The number of phenols is 3. The van der Waals surface area contributed by atoms with E-state index in [-0.39, 0.29) is 66.9 Å². The topological polar surface area (TPSA) is 251 Å². The van der Waals surface area contributed by atoms with Crippen LogP contribution in [-0.4, -0.2) is 152 Å². The van der Waals surface area contributed by atoms with Gasteiger partial charge in [0.15, 0.2) is 18.4 Å². The van der Waals surface area contributed by atoms with Crippen LogP contribution < -0.4 is 0 Å². The molecule has 330 valence electrons. The molecule has 0 bridgehead atoms. The van der Waals surface area contributed by atoms with Crippen LogP contribution in [0.3, 0.4) is 0 Å². The number of esters is 1. The molecule has 60 heavy (non-hydrogen) atoms. The zero-order chi connectivity index (χ0) is 43.7. The highest BCUT2D eigenvalue weighted by Gasteiger charge is 2.54. The van der Waals surface area contributed by atoms with E-state index in [1.807, 2.05) is 25.9 Å². The van der Waals surface area contributed by atoms with Gasteiger partial charge in [0.05, 0.1) is 72.1 Å². The predicted octanol–water partition coefficient (Wildman–Crippen LogP) is 2.29. The van der Waals surface area contributed by atoms with Gasteiger partial charge in [0.25, 0.3) is 0 Å². The highest BCUT2D eigenvalue weighted by molar-refractivity contribution is 6.31. The van der Waals surface area contributed by atoms with Gasteiger partial charge in [-0.3, -0.25) is 14.4 Å². The number of hydrogen-bond donors (Lipinski definition) is 7. The van der Waals surface area contributed by atoms with Crippen LogP contribution in [-0.2, 0) is 33.2 Å². The fraction of sp³-hybridized carbons (Fsp3) is 0.651. The molecule has 17 nitrogen and oxygen atoms in total. The van der Waals surface area contributed by atoms with Gasteiger partial charge >= 0.3 is 5.97 Å². The van der Waals surface area contributed by atoms with Crippen molar-refractivity contribution in [2.75, 3.05) is 21.2 Å². The fourth-order valence-corrected chi connectivity index (χ4v) is 10.1. The average molecular weight is 844 g/mol. The Kier molecular flexibility index (Phi) is 12.4. The van der Waals surface area contributed by atoms with Crippen molar-refractivity contribution in [2.45, 2.75) is 151 Å². The predicted molar refractivity (Wildman–Crippen MR) is 209 cm³/mol. The third-order valence-corrected chi connectivity index (χ3v) is 13.4. The lowest BCUT2D eigenvalue weighted by Crippen LogP contribution is -2.57. The van der Waals surface area contributed by atoms with Crippen LogP contribution in [0.25, 0.3) is 0 Å². The molecular weight excluding hydrogens is 786 g/mol. The standard InChI is InChI=1S/C43H57NO16/c1-8-43(54)16-29(32-22(36(43)42(53)55-7)13-23-33(39(32)51)40(52)35-26(46)10-9-25(45)34(35)38(23)50)59-30-14-24(44(5)6)41(19(4)58-30)60-31-15-27(47)21(17(2)57-31)11-20-12-28(48)37(49)18(3)56-20/h9-10,13,17-21,24,27-31,36-37,41,45-49,51,54H,8,11-12,14-16H2,1-7H3/t17?,18?,19?,20?,21?,24?,27?,28?,29-,30?,31?,36-,37?,41?,43+/m0/s1. The van der Waals surface area contributed by atoms with E-state index in [4.69, 9.17) is 28.4 Å². The minimum atomic E-state index is -1.81. The van der Waals surface area contributed by atoms with Crippen molar-refractivity contribution in [1.29, 1.82) is 0 Å². The molecule has 2 aromatic rings. The summed E-state index contributed by atoms with van der Waals surface area (Å²) in [6.45, 7) is 7.01. The van der Waals surface area contributed by atoms with Gasteiger partial charge in [0.2, 0.25) is 5.78 Å². The van der Waals surface area contributed by atoms with Gasteiger partial charge < -0.3 is 69.1 Å². The van der Waals surface area contributed by atoms with Gasteiger partial charge in [-0.05, 0) is 71.5 Å². The van der Waals surface area contributed by atoms with Gasteiger partial charge in [0, 0.05) is 48.8 Å². The van der Waals surface area contributed by atoms with Crippen molar-refractivity contribution in [1.82, 2.24) is 4.90 Å². The van der Waals surface area contributed by atoms with Crippen LogP contribution in [0.1, 0.15) is 121 Å². The largest absolute Gasteiger partial charge is 0.507 e. The summed E-state index contributed by atoms with van der Waals surface area (Å²) in [7, 11) is 4.87. The lowest BCUT2D eigenvalue weighted by molar-refractivity contribution is -0.308. The summed E-state index contributed by atoms with van der Waals surface area (Å²) in [5, 5.41) is 77.1. The van der Waals surface area contributed by atoms with Gasteiger partial charge in [-0.25, -0.2) is 0 Å². The first-order valence-electron chi connectivity index (χ1n) is 20.6. The van der Waals surface area contributed by atoms with Crippen molar-refractivity contribution in [3.05, 3.63) is 51.6 Å². The van der Waals surface area contributed by atoms with Crippen LogP contribution in [0.15, 0.2) is 18.2 Å². The number of carbonyl (C=O) groups excluding carboxylic acids is 3. The maximum Gasteiger partial charge on any atom is 0.316 e. The van der Waals surface area contributed by atoms with Crippen molar-refractivity contribution in [3.8, 4) is 17.2 Å². The highest BCUT2D eigenvalue weighted by Crippen LogP contribution is 2.54. The molecule has 3 fully saturated rings. The number of hydrogen-bond acceptors (Lipinski definition) is 17. The fourth-order valence-electron chi connectivity index (χ4n) is 10.1. The number of ether oxygens (including phenoxy) is 6. The number of aliphatic hydroxyl groups excluding tert-OH is 3. The molecule has 0 radical (unpaired) electrons. The summed E-state index contributed by atoms with van der Waals surface area (Å²) in [4.78, 5) is 43.2. The SMILES string of the molecule is CC[C@@]1(O)C[C@H](OC2CC(N(C)C)C(OC3CC(O)C(CC4CC(O)C(O)C(C)O4)C(C)O3)C(C)O2)c2c(cc3c(c2O)C(=O)c2c(O)ccc(O)c2C3=O)[C@H]1C(=O)OC. The minimum absolute atomic E-state index is 0.00377. The molecule has 0 spiro atoms. The van der Waals surface area contributed by atoms with Crippen LogP contribution in [0.5, 0.6) is 17.2 Å². The minimum Gasteiger partial charge on any atom is -0.507 e. The maximum atomic E-state index is 14.0. The second kappa shape index (κ2) is 16.8. The van der Waals surface area contributed by atoms with Crippen LogP contribution in [0.2, 0.25) is 0 Å². The second-order valence-corrected chi connectivity index (χ2v) is 17.3. The van der Waals surface area contributed by atoms with Gasteiger partial charge in [-0.15, -0.1) is 0 Å². The summed E-state index contributed by atoms with van der Waals surface area (Å²) >= 11 is 0. The molecule has 12 unspecified atom stereocenters. The molecule has 0 aromatic heterocycles. The van der Waals surface area contributed by atoms with E-state index in [1.165, 1.54) is 6.07 Å². The van der Waals surface area contributed by atoms with Crippen LogP contribution in [0.4, 0.5) is 0 Å². The second-order valence-electron chi connectivity index (χ2n) is 17.3. The summed E-state index contributed by atoms with van der Waals surface area (Å²) in [5.74, 6) is -6.20. The van der Waals surface area contributed by atoms with Gasteiger partial charge in [0.1, 0.15) is 35.4 Å². The first-order valence-corrected chi connectivity index (χ1v) is 20.6. The number of methoxy groups -OCH3 is 1. The van der Waals surface area contributed by atoms with Gasteiger partial charge in [-0.2, -0.15) is 0 Å². The summed E-state index contributed by atoms with van der Waals surface area (Å²) in [6, 6.07) is 3.02. The van der Waals surface area contributed by atoms with E-state index in [0.29, 0.717) is 6.42 Å². The first kappa shape index (κ1) is 44.3. The Morgan fingerprint density at radius 2 is 1.48 bits per heavy atom. The lowest BCUT2D eigenvalue weighted by Gasteiger charge is -2.48. The Morgan fingerprint density at radius 1 is 0.850 bits per heavy atom. The Bertz CT molecular complexity index is 1970. The maximum absolute atomic E-state index is 14.0. The number of aliphatic hydroxyl groups is 4. The lowest BCUT2D eigenvalue weighted by atomic mass is 9.67. The monoisotopic (exact) mass is 843 g/mol. The van der Waals surface area contributed by atoms with E-state index in [0.717, 1.165) is 19.2 Å². The van der Waals surface area contributed by atoms with Crippen molar-refractivity contribution in [2.24, 2.45) is 5.92 Å². The number of phenolic OH excluding ortho intramolecular Hbond substituents is 3. The van der Waals surface area contributed by atoms with Crippen molar-refractivity contribution in [3.63, 3.8) is 0 Å². The van der Waals surface area contributed by atoms with E-state index < -0.39 is 124 Å². The zero-order valence-corrected chi connectivity index (χ0v) is 34.8. The Morgan fingerprint density at radius 3 is 2.08 bits per heavy atom. The molecule has 7 rings (SSSR count). The summed E-state index contributed by atoms with van der Waals surface area (Å²) in [5.41, 5.74) is -3.58. The van der Waals surface area contributed by atoms with Crippen LogP contribution >= 0.6 is 0 Å².